The molecule has 2 saturated carbocycles. The molecule has 106 valence electrons. The van der Waals surface area contributed by atoms with Crippen LogP contribution in [0.25, 0.3) is 0 Å². The van der Waals surface area contributed by atoms with Gasteiger partial charge in [-0.25, -0.2) is 0 Å². The molecule has 3 unspecified atom stereocenters. The molecule has 0 N–H and O–H groups in total. The van der Waals surface area contributed by atoms with Gasteiger partial charge in [0.2, 0.25) is 0 Å². The van der Waals surface area contributed by atoms with Gasteiger partial charge in [0.05, 0.1) is 6.10 Å². The van der Waals surface area contributed by atoms with Crippen LogP contribution in [0.2, 0.25) is 18.1 Å². The van der Waals surface area contributed by atoms with E-state index in [1.807, 2.05) is 0 Å². The number of hydrogen-bond donors (Lipinski definition) is 0. The van der Waals surface area contributed by atoms with Gasteiger partial charge in [-0.2, -0.15) is 0 Å². The van der Waals surface area contributed by atoms with Crippen molar-refractivity contribution in [3.63, 3.8) is 0 Å². The summed E-state index contributed by atoms with van der Waals surface area (Å²) in [5.74, 6) is 0.907. The molecule has 0 aromatic heterocycles. The highest BCUT2D eigenvalue weighted by atomic mass is 28.4. The van der Waals surface area contributed by atoms with Gasteiger partial charge >= 0.3 is 0 Å². The number of fused-ring (bicyclic) bond motifs is 2. The van der Waals surface area contributed by atoms with Crippen molar-refractivity contribution in [1.29, 1.82) is 0 Å². The predicted molar refractivity (Wildman–Crippen MR) is 81.3 cm³/mol. The van der Waals surface area contributed by atoms with E-state index >= 15 is 0 Å². The van der Waals surface area contributed by atoms with E-state index in [0.717, 1.165) is 5.92 Å². The molecule has 2 bridgehead atoms. The molecule has 0 radical (unpaired) electrons. The minimum atomic E-state index is -1.43. The first-order chi connectivity index (χ1) is 8.35. The van der Waals surface area contributed by atoms with Crippen molar-refractivity contribution in [1.82, 2.24) is 0 Å². The van der Waals surface area contributed by atoms with Gasteiger partial charge in [-0.3, -0.25) is 0 Å². The van der Waals surface area contributed by atoms with Crippen LogP contribution in [-0.4, -0.2) is 14.4 Å². The van der Waals surface area contributed by atoms with Crippen molar-refractivity contribution in [2.75, 3.05) is 0 Å². The molecular weight excluding hydrogens is 236 g/mol. The summed E-state index contributed by atoms with van der Waals surface area (Å²) < 4.78 is 6.86. The zero-order valence-electron chi connectivity index (χ0n) is 13.3. The predicted octanol–water partition coefficient (Wildman–Crippen LogP) is 5.22. The summed E-state index contributed by atoms with van der Waals surface area (Å²) in [6.45, 7) is 14.5. The summed E-state index contributed by atoms with van der Waals surface area (Å²) >= 11 is 0. The van der Waals surface area contributed by atoms with E-state index in [1.54, 1.807) is 0 Å². The maximum atomic E-state index is 6.86. The highest BCUT2D eigenvalue weighted by Gasteiger charge is 2.62. The van der Waals surface area contributed by atoms with Crippen LogP contribution in [-0.2, 0) is 4.43 Å². The Kier molecular flexibility index (Phi) is 3.75. The molecule has 3 atom stereocenters. The fourth-order valence-electron chi connectivity index (χ4n) is 4.61. The third kappa shape index (κ3) is 1.83. The second-order valence-electron chi connectivity index (χ2n) is 7.46. The van der Waals surface area contributed by atoms with E-state index in [0.29, 0.717) is 16.9 Å². The summed E-state index contributed by atoms with van der Waals surface area (Å²) in [5, 5.41) is 0. The van der Waals surface area contributed by atoms with Crippen LogP contribution in [0.1, 0.15) is 60.8 Å². The van der Waals surface area contributed by atoms with Gasteiger partial charge in [0, 0.05) is 0 Å². The van der Waals surface area contributed by atoms with Gasteiger partial charge in [-0.15, -0.1) is 0 Å². The largest absolute Gasteiger partial charge is 0.413 e. The van der Waals surface area contributed by atoms with E-state index in [1.165, 1.54) is 37.4 Å². The molecule has 2 aliphatic carbocycles. The molecule has 2 rings (SSSR count). The molecule has 2 fully saturated rings. The van der Waals surface area contributed by atoms with Crippen molar-refractivity contribution in [2.24, 2.45) is 16.7 Å². The Hall–Kier alpha value is 0.177. The molecule has 2 aliphatic rings. The fraction of sp³-hybridized carbons (Fsp3) is 1.00. The van der Waals surface area contributed by atoms with E-state index in [9.17, 15) is 0 Å². The second kappa shape index (κ2) is 4.62. The second-order valence-corrected chi connectivity index (χ2v) is 12.2. The fourth-order valence-corrected chi connectivity index (χ4v) is 7.57. The molecule has 0 saturated heterocycles. The Labute approximate surface area is 115 Å². The van der Waals surface area contributed by atoms with Crippen molar-refractivity contribution < 1.29 is 4.43 Å². The number of rotatable bonds is 5. The van der Waals surface area contributed by atoms with Gasteiger partial charge in [0.15, 0.2) is 8.32 Å². The van der Waals surface area contributed by atoms with Gasteiger partial charge in [-0.1, -0.05) is 41.5 Å². The van der Waals surface area contributed by atoms with Crippen LogP contribution in [0.15, 0.2) is 0 Å². The SMILES string of the molecule is CC[Si](CC)(CC)OC1CC2CCC1(C)C2(C)C. The van der Waals surface area contributed by atoms with Crippen molar-refractivity contribution in [2.45, 2.75) is 85.0 Å². The Morgan fingerprint density at radius 2 is 1.61 bits per heavy atom. The summed E-state index contributed by atoms with van der Waals surface area (Å²) in [6, 6.07) is 3.87. The molecule has 0 aliphatic heterocycles. The van der Waals surface area contributed by atoms with Crippen LogP contribution >= 0.6 is 0 Å². The third-order valence-corrected chi connectivity index (χ3v) is 11.7. The summed E-state index contributed by atoms with van der Waals surface area (Å²) in [6.07, 6.45) is 4.70. The molecule has 2 heteroatoms. The topological polar surface area (TPSA) is 9.23 Å². The molecule has 1 nitrogen and oxygen atoms in total. The highest BCUT2D eigenvalue weighted by Crippen LogP contribution is 2.66. The first kappa shape index (κ1) is 14.6. The number of hydrogen-bond acceptors (Lipinski definition) is 1. The molecular formula is C16H32OSi. The summed E-state index contributed by atoms with van der Waals surface area (Å²) in [5.41, 5.74) is 0.933. The van der Waals surface area contributed by atoms with Crippen molar-refractivity contribution in [3.05, 3.63) is 0 Å². The minimum absolute atomic E-state index is 0.440. The van der Waals surface area contributed by atoms with Crippen LogP contribution in [0, 0.1) is 16.7 Å². The monoisotopic (exact) mass is 268 g/mol. The molecule has 0 aromatic rings. The lowest BCUT2D eigenvalue weighted by Crippen LogP contribution is -2.46. The lowest BCUT2D eigenvalue weighted by Gasteiger charge is -2.43. The normalized spacial score (nSPS) is 38.3. The average molecular weight is 269 g/mol. The third-order valence-electron chi connectivity index (χ3n) is 7.04. The molecule has 0 heterocycles. The summed E-state index contributed by atoms with van der Waals surface area (Å²) in [7, 11) is -1.43. The van der Waals surface area contributed by atoms with E-state index in [2.05, 4.69) is 41.5 Å². The van der Waals surface area contributed by atoms with E-state index in [4.69, 9.17) is 4.43 Å². The van der Waals surface area contributed by atoms with E-state index < -0.39 is 8.32 Å². The zero-order chi connectivity index (χ0) is 13.6. The van der Waals surface area contributed by atoms with Crippen molar-refractivity contribution in [3.8, 4) is 0 Å². The smallest absolute Gasteiger partial charge is 0.192 e. The van der Waals surface area contributed by atoms with Gasteiger partial charge < -0.3 is 4.43 Å². The van der Waals surface area contributed by atoms with Crippen LogP contribution in [0.3, 0.4) is 0 Å². The maximum Gasteiger partial charge on any atom is 0.192 e. The Balaban J connectivity index is 2.17. The van der Waals surface area contributed by atoms with E-state index in [-0.39, 0.29) is 0 Å². The molecule has 0 spiro atoms. The van der Waals surface area contributed by atoms with Gasteiger partial charge in [0.25, 0.3) is 0 Å². The Bertz CT molecular complexity index is 300. The first-order valence-corrected chi connectivity index (χ1v) is 10.6. The Morgan fingerprint density at radius 3 is 1.94 bits per heavy atom. The molecule has 18 heavy (non-hydrogen) atoms. The van der Waals surface area contributed by atoms with Crippen LogP contribution in [0.4, 0.5) is 0 Å². The minimum Gasteiger partial charge on any atom is -0.413 e. The quantitative estimate of drug-likeness (QED) is 0.621. The van der Waals surface area contributed by atoms with Crippen LogP contribution < -0.4 is 0 Å². The summed E-state index contributed by atoms with van der Waals surface area (Å²) in [4.78, 5) is 0. The maximum absolute atomic E-state index is 6.86. The Morgan fingerprint density at radius 1 is 1.06 bits per heavy atom. The lowest BCUT2D eigenvalue weighted by atomic mass is 9.70. The average Bonchev–Trinajstić information content (AvgIpc) is 2.69. The standard InChI is InChI=1S/C16H32OSi/c1-7-18(8-2,9-3)17-14-12-13-10-11-16(14,6)15(13,4)5/h13-14H,7-12H2,1-6H3. The van der Waals surface area contributed by atoms with Crippen LogP contribution in [0.5, 0.6) is 0 Å². The van der Waals surface area contributed by atoms with Gasteiger partial charge in [0.1, 0.15) is 0 Å². The van der Waals surface area contributed by atoms with Crippen molar-refractivity contribution >= 4 is 8.32 Å². The lowest BCUT2D eigenvalue weighted by molar-refractivity contribution is 0.0225. The zero-order valence-corrected chi connectivity index (χ0v) is 14.3. The molecule has 0 amide bonds. The molecule has 0 aromatic carbocycles. The first-order valence-electron chi connectivity index (χ1n) is 8.03. The highest BCUT2D eigenvalue weighted by molar-refractivity contribution is 6.73. The van der Waals surface area contributed by atoms with Gasteiger partial charge in [-0.05, 0) is 54.1 Å².